The summed E-state index contributed by atoms with van der Waals surface area (Å²) < 4.78 is 5.59. The van der Waals surface area contributed by atoms with Crippen LogP contribution in [0.1, 0.15) is 19.8 Å². The Balaban J connectivity index is 4.43. The maximum Gasteiger partial charge on any atom is 0.330 e. The molecule has 98 valence electrons. The molecule has 0 aliphatic heterocycles. The van der Waals surface area contributed by atoms with Crippen molar-refractivity contribution in [2.24, 2.45) is 0 Å². The number of likely N-dealkylation sites (N-methyl/N-ethyl adjacent to an activating group) is 1. The third kappa shape index (κ3) is 9.56. The van der Waals surface area contributed by atoms with E-state index in [1.165, 1.54) is 6.08 Å². The number of allylic oxidation sites excluding steroid dienone is 1. The Morgan fingerprint density at radius 3 is 2.35 bits per heavy atom. The summed E-state index contributed by atoms with van der Waals surface area (Å²) in [5, 5.41) is 10.6. The molecule has 0 heterocycles. The van der Waals surface area contributed by atoms with Gasteiger partial charge in [-0.25, -0.2) is 4.79 Å². The van der Waals surface area contributed by atoms with Crippen molar-refractivity contribution in [3.63, 3.8) is 0 Å². The molecular formula is C12H21NO4. The maximum absolute atomic E-state index is 11.4. The first-order valence-electron chi connectivity index (χ1n) is 5.62. The third-order valence-corrected chi connectivity index (χ3v) is 1.92. The average molecular weight is 243 g/mol. The third-order valence-electron chi connectivity index (χ3n) is 1.92. The number of carboxylic acid groups (broad SMARTS) is 1. The van der Waals surface area contributed by atoms with Crippen molar-refractivity contribution in [2.45, 2.75) is 25.9 Å². The van der Waals surface area contributed by atoms with E-state index < -0.39 is 18.0 Å². The van der Waals surface area contributed by atoms with Crippen LogP contribution in [0.3, 0.4) is 0 Å². The van der Waals surface area contributed by atoms with Crippen LogP contribution in [0, 0.1) is 0 Å². The van der Waals surface area contributed by atoms with Gasteiger partial charge in [0, 0.05) is 18.5 Å². The quantitative estimate of drug-likeness (QED) is 0.350. The topological polar surface area (TPSA) is 66.4 Å². The fourth-order valence-electron chi connectivity index (χ4n) is 1.36. The molecule has 1 atom stereocenters. The highest BCUT2D eigenvalue weighted by Crippen LogP contribution is 2.05. The van der Waals surface area contributed by atoms with Gasteiger partial charge < -0.3 is 19.1 Å². The highest BCUT2D eigenvalue weighted by atomic mass is 16.5. The Hall–Kier alpha value is -1.36. The zero-order valence-electron chi connectivity index (χ0n) is 10.9. The van der Waals surface area contributed by atoms with Crippen LogP contribution in [0.25, 0.3) is 0 Å². The van der Waals surface area contributed by atoms with Crippen LogP contribution in [-0.2, 0) is 14.3 Å². The first kappa shape index (κ1) is 15.6. The van der Waals surface area contributed by atoms with Gasteiger partial charge in [-0.15, -0.1) is 0 Å². The van der Waals surface area contributed by atoms with E-state index in [0.717, 1.165) is 6.42 Å². The summed E-state index contributed by atoms with van der Waals surface area (Å²) in [4.78, 5) is 21.9. The van der Waals surface area contributed by atoms with Gasteiger partial charge in [0.25, 0.3) is 0 Å². The van der Waals surface area contributed by atoms with Gasteiger partial charge >= 0.3 is 5.97 Å². The lowest BCUT2D eigenvalue weighted by Gasteiger charge is -2.28. The van der Waals surface area contributed by atoms with Crippen LogP contribution in [0.15, 0.2) is 12.2 Å². The minimum atomic E-state index is -1.21. The van der Waals surface area contributed by atoms with Gasteiger partial charge in [-0.3, -0.25) is 0 Å². The number of hydrogen-bond acceptors (Lipinski definition) is 4. The molecule has 0 rings (SSSR count). The molecule has 0 aromatic rings. The Kier molecular flexibility index (Phi) is 6.50. The predicted molar refractivity (Wildman–Crippen MR) is 61.8 cm³/mol. The SMILES string of the molecule is CC/C=C/C(=O)OC(CC(=O)[O-])C[N+](C)(C)C. The molecule has 17 heavy (non-hydrogen) atoms. The zero-order valence-corrected chi connectivity index (χ0v) is 10.9. The van der Waals surface area contributed by atoms with Crippen LogP contribution < -0.4 is 5.11 Å². The van der Waals surface area contributed by atoms with Crippen molar-refractivity contribution >= 4 is 11.9 Å². The van der Waals surface area contributed by atoms with Crippen molar-refractivity contribution in [1.29, 1.82) is 0 Å². The van der Waals surface area contributed by atoms with Crippen molar-refractivity contribution < 1.29 is 23.9 Å². The molecular weight excluding hydrogens is 222 g/mol. The van der Waals surface area contributed by atoms with E-state index in [0.29, 0.717) is 11.0 Å². The van der Waals surface area contributed by atoms with Gasteiger partial charge in [0.2, 0.25) is 0 Å². The van der Waals surface area contributed by atoms with Gasteiger partial charge in [0.05, 0.1) is 21.1 Å². The molecule has 5 heteroatoms. The second-order valence-corrected chi connectivity index (χ2v) is 4.92. The highest BCUT2D eigenvalue weighted by molar-refractivity contribution is 5.82. The number of rotatable bonds is 7. The molecule has 0 aromatic carbocycles. The van der Waals surface area contributed by atoms with E-state index >= 15 is 0 Å². The molecule has 0 radical (unpaired) electrons. The summed E-state index contributed by atoms with van der Waals surface area (Å²) in [6.45, 7) is 2.33. The van der Waals surface area contributed by atoms with Crippen LogP contribution in [0.2, 0.25) is 0 Å². The van der Waals surface area contributed by atoms with Crippen LogP contribution in [0.4, 0.5) is 0 Å². The van der Waals surface area contributed by atoms with Gasteiger partial charge in [-0.1, -0.05) is 13.0 Å². The molecule has 0 N–H and O–H groups in total. The van der Waals surface area contributed by atoms with Crippen molar-refractivity contribution in [3.05, 3.63) is 12.2 Å². The van der Waals surface area contributed by atoms with Gasteiger partial charge in [-0.05, 0) is 6.42 Å². The molecule has 0 spiro atoms. The smallest absolute Gasteiger partial charge is 0.330 e. The number of carboxylic acids is 1. The highest BCUT2D eigenvalue weighted by Gasteiger charge is 2.21. The Labute approximate surface area is 102 Å². The lowest BCUT2D eigenvalue weighted by atomic mass is 10.2. The van der Waals surface area contributed by atoms with E-state index in [2.05, 4.69) is 0 Å². The van der Waals surface area contributed by atoms with Crippen LogP contribution in [0.5, 0.6) is 0 Å². The molecule has 5 nitrogen and oxygen atoms in total. The van der Waals surface area contributed by atoms with Crippen LogP contribution >= 0.6 is 0 Å². The van der Waals surface area contributed by atoms with Crippen molar-refractivity contribution in [1.82, 2.24) is 0 Å². The molecule has 0 saturated heterocycles. The normalized spacial score (nSPS) is 13.6. The fourth-order valence-corrected chi connectivity index (χ4v) is 1.36. The minimum absolute atomic E-state index is 0.277. The molecule has 0 amide bonds. The zero-order chi connectivity index (χ0) is 13.5. The minimum Gasteiger partial charge on any atom is -0.550 e. The Morgan fingerprint density at radius 1 is 1.35 bits per heavy atom. The number of carbonyl (C=O) groups excluding carboxylic acids is 2. The molecule has 1 unspecified atom stereocenters. The van der Waals surface area contributed by atoms with Gasteiger partial charge in [0.15, 0.2) is 6.10 Å². The largest absolute Gasteiger partial charge is 0.550 e. The number of aliphatic carboxylic acids is 1. The molecule has 0 aromatic heterocycles. The lowest BCUT2D eigenvalue weighted by molar-refractivity contribution is -0.873. The molecule has 0 aliphatic rings. The summed E-state index contributed by atoms with van der Waals surface area (Å²) in [5.74, 6) is -1.72. The molecule has 0 fully saturated rings. The molecule has 0 saturated carbocycles. The monoisotopic (exact) mass is 243 g/mol. The number of nitrogens with zero attached hydrogens (tertiary/aromatic N) is 1. The average Bonchev–Trinajstić information content (AvgIpc) is 2.10. The first-order chi connectivity index (χ1) is 7.74. The van der Waals surface area contributed by atoms with E-state index in [9.17, 15) is 14.7 Å². The van der Waals surface area contributed by atoms with Crippen molar-refractivity contribution in [2.75, 3.05) is 27.7 Å². The van der Waals surface area contributed by atoms with Crippen molar-refractivity contribution in [3.8, 4) is 0 Å². The Bertz CT molecular complexity index is 291. The summed E-state index contributed by atoms with van der Waals surface area (Å²) in [6.07, 6.45) is 2.79. The van der Waals surface area contributed by atoms with E-state index in [4.69, 9.17) is 4.74 Å². The van der Waals surface area contributed by atoms with Gasteiger partial charge in [-0.2, -0.15) is 0 Å². The second-order valence-electron chi connectivity index (χ2n) is 4.92. The predicted octanol–water partition coefficient (Wildman–Crippen LogP) is -0.289. The summed E-state index contributed by atoms with van der Waals surface area (Å²) in [6, 6.07) is 0. The van der Waals surface area contributed by atoms with E-state index in [1.807, 2.05) is 28.1 Å². The molecule has 0 bridgehead atoms. The van der Waals surface area contributed by atoms with E-state index in [-0.39, 0.29) is 6.42 Å². The molecule has 0 aliphatic carbocycles. The summed E-state index contributed by atoms with van der Waals surface area (Å²) in [7, 11) is 5.70. The second kappa shape index (κ2) is 7.06. The maximum atomic E-state index is 11.4. The van der Waals surface area contributed by atoms with Gasteiger partial charge in [0.1, 0.15) is 6.54 Å². The summed E-state index contributed by atoms with van der Waals surface area (Å²) >= 11 is 0. The lowest BCUT2D eigenvalue weighted by Crippen LogP contribution is -2.45. The van der Waals surface area contributed by atoms with E-state index in [1.54, 1.807) is 6.08 Å². The first-order valence-corrected chi connectivity index (χ1v) is 5.62. The number of carbonyl (C=O) groups is 2. The van der Waals surface area contributed by atoms with Crippen LogP contribution in [-0.4, -0.2) is 50.2 Å². The number of quaternary nitrogens is 1. The summed E-state index contributed by atoms with van der Waals surface area (Å²) in [5.41, 5.74) is 0. The number of hydrogen-bond donors (Lipinski definition) is 0. The Morgan fingerprint density at radius 2 is 1.94 bits per heavy atom. The number of esters is 1. The number of ether oxygens (including phenoxy) is 1. The standard InChI is InChI=1S/C12H21NO4/c1-5-6-7-12(16)17-10(8-11(14)15)9-13(2,3)4/h6-7,10H,5,8-9H2,1-4H3/b7-6+. The fraction of sp³-hybridized carbons (Fsp3) is 0.667.